The van der Waals surface area contributed by atoms with Crippen LogP contribution in [0.1, 0.15) is 103 Å². The van der Waals surface area contributed by atoms with E-state index in [2.05, 4.69) is 62.4 Å². The Kier molecular flexibility index (Phi) is 11.7. The normalized spacial score (nSPS) is 14.5. The van der Waals surface area contributed by atoms with Crippen molar-refractivity contribution in [1.29, 1.82) is 0 Å². The molecule has 2 aromatic carbocycles. The second kappa shape index (κ2) is 13.9. The smallest absolute Gasteiger partial charge is 0.164 e. The van der Waals surface area contributed by atoms with Gasteiger partial charge in [-0.2, -0.15) is 0 Å². The van der Waals surface area contributed by atoms with E-state index in [1.807, 2.05) is 41.5 Å². The number of fused-ring (bicyclic) bond motifs is 1. The van der Waals surface area contributed by atoms with E-state index in [1.165, 1.54) is 53.8 Å². The van der Waals surface area contributed by atoms with Crippen molar-refractivity contribution in [1.82, 2.24) is 4.98 Å². The third kappa shape index (κ3) is 8.35. The summed E-state index contributed by atoms with van der Waals surface area (Å²) in [5.41, 5.74) is 6.54. The SMILES string of the molecule is CCC(C)(C)C(=O)/C=C(\O)C(C)(C)CC.Cc1[c-]c(-c2cc(C3CCCC3)c3ccccc3n2)cc(C)c1.[Ir]. The van der Waals surface area contributed by atoms with Crippen LogP contribution in [0.3, 0.4) is 0 Å². The first-order valence-electron chi connectivity index (χ1n) is 14.2. The number of para-hydroxylation sites is 1. The number of pyridine rings is 1. The number of nitrogens with zero attached hydrogens (tertiary/aromatic N) is 1. The Morgan fingerprint density at radius 1 is 1.00 bits per heavy atom. The largest absolute Gasteiger partial charge is 0.512 e. The van der Waals surface area contributed by atoms with Gasteiger partial charge in [0.05, 0.1) is 5.52 Å². The maximum absolute atomic E-state index is 11.8. The zero-order valence-corrected chi connectivity index (χ0v) is 27.5. The molecule has 0 atom stereocenters. The van der Waals surface area contributed by atoms with Gasteiger partial charge in [-0.25, -0.2) is 0 Å². The van der Waals surface area contributed by atoms with E-state index in [9.17, 15) is 9.90 Å². The number of carbonyl (C=O) groups excluding carboxylic acids is 1. The van der Waals surface area contributed by atoms with Gasteiger partial charge in [0.1, 0.15) is 5.76 Å². The Balaban J connectivity index is 0.000000294. The topological polar surface area (TPSA) is 50.2 Å². The number of ketones is 1. The fourth-order valence-electron chi connectivity index (χ4n) is 4.82. The van der Waals surface area contributed by atoms with Gasteiger partial charge in [0.15, 0.2) is 5.78 Å². The fraction of sp³-hybridized carbons (Fsp3) is 0.486. The number of aliphatic hydroxyl groups excluding tert-OH is 1. The molecule has 0 aliphatic heterocycles. The second-order valence-electron chi connectivity index (χ2n) is 12.2. The van der Waals surface area contributed by atoms with Crippen LogP contribution in [0.25, 0.3) is 22.2 Å². The molecular formula is C35H46IrNO2-. The predicted molar refractivity (Wildman–Crippen MR) is 161 cm³/mol. The summed E-state index contributed by atoms with van der Waals surface area (Å²) in [6.45, 7) is 15.9. The number of hydrogen-bond acceptors (Lipinski definition) is 3. The van der Waals surface area contributed by atoms with Crippen molar-refractivity contribution in [2.75, 3.05) is 0 Å². The van der Waals surface area contributed by atoms with Crippen LogP contribution in [0, 0.1) is 30.7 Å². The van der Waals surface area contributed by atoms with Gasteiger partial charge in [-0.1, -0.05) is 92.5 Å². The first-order chi connectivity index (χ1) is 17.9. The van der Waals surface area contributed by atoms with Gasteiger partial charge in [0.25, 0.3) is 0 Å². The van der Waals surface area contributed by atoms with Crippen molar-refractivity contribution >= 4 is 16.7 Å². The zero-order chi connectivity index (χ0) is 28.1. The van der Waals surface area contributed by atoms with Crippen molar-refractivity contribution < 1.29 is 30.0 Å². The number of hydrogen-bond donors (Lipinski definition) is 1. The number of rotatable bonds is 7. The van der Waals surface area contributed by atoms with Crippen LogP contribution in [-0.2, 0) is 24.9 Å². The van der Waals surface area contributed by atoms with Crippen LogP contribution in [-0.4, -0.2) is 15.9 Å². The molecule has 1 radical (unpaired) electrons. The van der Waals surface area contributed by atoms with Crippen LogP contribution in [0.4, 0.5) is 0 Å². The molecule has 0 spiro atoms. The van der Waals surface area contributed by atoms with Crippen molar-refractivity contribution in [2.24, 2.45) is 10.8 Å². The molecule has 39 heavy (non-hydrogen) atoms. The van der Waals surface area contributed by atoms with Gasteiger partial charge >= 0.3 is 0 Å². The Morgan fingerprint density at radius 3 is 2.21 bits per heavy atom. The number of aliphatic hydroxyl groups is 1. The summed E-state index contributed by atoms with van der Waals surface area (Å²) < 4.78 is 0. The van der Waals surface area contributed by atoms with Crippen LogP contribution in [0.2, 0.25) is 0 Å². The van der Waals surface area contributed by atoms with E-state index >= 15 is 0 Å². The molecule has 0 bridgehead atoms. The molecule has 4 rings (SSSR count). The molecule has 1 N–H and O–H groups in total. The van der Waals surface area contributed by atoms with Crippen LogP contribution < -0.4 is 0 Å². The van der Waals surface area contributed by atoms with E-state index in [1.54, 1.807) is 0 Å². The van der Waals surface area contributed by atoms with E-state index in [4.69, 9.17) is 4.98 Å². The maximum Gasteiger partial charge on any atom is 0.164 e. The molecule has 3 nitrogen and oxygen atoms in total. The molecule has 1 aromatic heterocycles. The Bertz CT molecular complexity index is 1280. The molecule has 1 saturated carbocycles. The Hall–Kier alpha value is -2.29. The molecule has 0 amide bonds. The van der Waals surface area contributed by atoms with E-state index in [0.717, 1.165) is 29.6 Å². The van der Waals surface area contributed by atoms with Gasteiger partial charge in [-0.05, 0) is 48.9 Å². The van der Waals surface area contributed by atoms with Crippen molar-refractivity contribution in [3.05, 3.63) is 77.1 Å². The summed E-state index contributed by atoms with van der Waals surface area (Å²) in [6, 6.07) is 18.8. The predicted octanol–water partition coefficient (Wildman–Crippen LogP) is 9.84. The Labute approximate surface area is 249 Å². The summed E-state index contributed by atoms with van der Waals surface area (Å²) >= 11 is 0. The summed E-state index contributed by atoms with van der Waals surface area (Å²) in [4.78, 5) is 16.8. The average Bonchev–Trinajstić information content (AvgIpc) is 3.42. The first kappa shape index (κ1) is 32.9. The van der Waals surface area contributed by atoms with Gasteiger partial charge in [-0.3, -0.25) is 9.78 Å². The zero-order valence-electron chi connectivity index (χ0n) is 25.1. The number of aromatic nitrogens is 1. The van der Waals surface area contributed by atoms with Crippen LogP contribution >= 0.6 is 0 Å². The van der Waals surface area contributed by atoms with Crippen LogP contribution in [0.15, 0.2) is 54.3 Å². The quantitative estimate of drug-likeness (QED) is 0.151. The fourth-order valence-corrected chi connectivity index (χ4v) is 4.82. The van der Waals surface area contributed by atoms with Crippen LogP contribution in [0.5, 0.6) is 0 Å². The molecule has 1 fully saturated rings. The minimum Gasteiger partial charge on any atom is -0.512 e. The molecule has 3 aromatic rings. The standard InChI is InChI=1S/C22H22N.C13H24O2.Ir/c1-15-11-16(2)13-18(12-15)22-14-20(17-7-3-4-8-17)19-9-5-6-10-21(19)23-22;1-7-12(3,4)10(14)9-11(15)13(5,6)8-2;/h5-6,9-12,14,17H,3-4,7-8H2,1-2H3;9,14H,7-8H2,1-6H3;/q-1;;/b;10-9-;. The van der Waals surface area contributed by atoms with Gasteiger partial charge in [0.2, 0.25) is 0 Å². The third-order valence-electron chi connectivity index (χ3n) is 8.36. The van der Waals surface area contributed by atoms with E-state index < -0.39 is 0 Å². The minimum absolute atomic E-state index is 0. The molecule has 213 valence electrons. The van der Waals surface area contributed by atoms with E-state index in [-0.39, 0.29) is 42.5 Å². The summed E-state index contributed by atoms with van der Waals surface area (Å²) in [5, 5.41) is 11.2. The number of benzene rings is 2. The van der Waals surface area contributed by atoms with Crippen molar-refractivity contribution in [2.45, 2.75) is 99.8 Å². The minimum atomic E-state index is -0.377. The summed E-state index contributed by atoms with van der Waals surface area (Å²) in [7, 11) is 0. The molecule has 1 heterocycles. The summed E-state index contributed by atoms with van der Waals surface area (Å²) in [5.74, 6) is 0.883. The number of aryl methyl sites for hydroxylation is 2. The van der Waals surface area contributed by atoms with Crippen molar-refractivity contribution in [3.63, 3.8) is 0 Å². The molecule has 0 saturated heterocycles. The van der Waals surface area contributed by atoms with Gasteiger partial charge in [-0.15, -0.1) is 34.9 Å². The van der Waals surface area contributed by atoms with E-state index in [0.29, 0.717) is 5.92 Å². The Morgan fingerprint density at radius 2 is 1.62 bits per heavy atom. The number of carbonyl (C=O) groups is 1. The average molecular weight is 705 g/mol. The molecule has 0 unspecified atom stereocenters. The van der Waals surface area contributed by atoms with Crippen molar-refractivity contribution in [3.8, 4) is 11.3 Å². The first-order valence-corrected chi connectivity index (χ1v) is 14.2. The van der Waals surface area contributed by atoms with Gasteiger partial charge in [0, 0.05) is 42.4 Å². The number of allylic oxidation sites excluding steroid dienone is 2. The molecule has 1 aliphatic rings. The second-order valence-corrected chi connectivity index (χ2v) is 12.2. The summed E-state index contributed by atoms with van der Waals surface area (Å²) in [6.07, 6.45) is 8.32. The monoisotopic (exact) mass is 705 g/mol. The molecule has 4 heteroatoms. The van der Waals surface area contributed by atoms with Gasteiger partial charge < -0.3 is 5.11 Å². The molecular weight excluding hydrogens is 659 g/mol. The molecule has 1 aliphatic carbocycles. The third-order valence-corrected chi connectivity index (χ3v) is 8.36. The maximum atomic E-state index is 11.8.